The Labute approximate surface area is 212 Å². The highest BCUT2D eigenvalue weighted by Crippen LogP contribution is 2.29. The van der Waals surface area contributed by atoms with Gasteiger partial charge >= 0.3 is 0 Å². The number of amides is 1. The third-order valence-corrected chi connectivity index (χ3v) is 8.09. The van der Waals surface area contributed by atoms with Crippen LogP contribution in [0, 0.1) is 20.8 Å². The number of aryl methyl sites for hydroxylation is 3. The minimum absolute atomic E-state index is 0.00918. The summed E-state index contributed by atoms with van der Waals surface area (Å²) < 4.78 is 33.4. The van der Waals surface area contributed by atoms with Crippen molar-refractivity contribution in [1.82, 2.24) is 9.62 Å². The first-order valence-electron chi connectivity index (χ1n) is 11.3. The molecule has 3 aromatic rings. The fraction of sp³-hybridized carbons (Fsp3) is 0.296. The second-order valence-corrected chi connectivity index (χ2v) is 11.0. The van der Waals surface area contributed by atoms with Gasteiger partial charge in [-0.3, -0.25) is 4.79 Å². The number of halogens is 1. The molecule has 0 unspecified atom stereocenters. The van der Waals surface area contributed by atoms with Crippen LogP contribution >= 0.6 is 11.6 Å². The van der Waals surface area contributed by atoms with Crippen molar-refractivity contribution in [1.29, 1.82) is 0 Å². The van der Waals surface area contributed by atoms with Gasteiger partial charge in [0.2, 0.25) is 15.9 Å². The molecule has 0 bridgehead atoms. The fourth-order valence-electron chi connectivity index (χ4n) is 3.94. The summed E-state index contributed by atoms with van der Waals surface area (Å²) in [7, 11) is -2.57. The van der Waals surface area contributed by atoms with Crippen LogP contribution in [-0.2, 0) is 21.4 Å². The van der Waals surface area contributed by atoms with Crippen LogP contribution in [0.3, 0.4) is 0 Å². The summed E-state index contributed by atoms with van der Waals surface area (Å²) in [4.78, 5) is 13.1. The molecule has 0 aromatic heterocycles. The number of hydrogen-bond donors (Lipinski definition) is 1. The first kappa shape index (κ1) is 26.7. The van der Waals surface area contributed by atoms with Gasteiger partial charge in [0.25, 0.3) is 0 Å². The molecule has 8 heteroatoms. The van der Waals surface area contributed by atoms with Gasteiger partial charge in [0, 0.05) is 6.54 Å². The van der Waals surface area contributed by atoms with E-state index in [1.54, 1.807) is 0 Å². The number of nitrogens with zero attached hydrogens (tertiary/aromatic N) is 1. The Morgan fingerprint density at radius 3 is 2.29 bits per heavy atom. The molecule has 0 saturated carbocycles. The third kappa shape index (κ3) is 6.42. The number of benzene rings is 3. The standard InChI is InChI=1S/C27H31ClN2O4S/c1-18-13-20(3)24(14-19(18)2)21(4)29-27(31)17-30(16-22-9-7-6-8-10-22)35(32,33)23-11-12-26(34-5)25(28)15-23/h6-15,21H,16-17H2,1-5H3,(H,29,31)/t21-/m0/s1. The van der Waals surface area contributed by atoms with E-state index in [0.717, 1.165) is 26.6 Å². The average molecular weight is 515 g/mol. The highest BCUT2D eigenvalue weighted by atomic mass is 35.5. The van der Waals surface area contributed by atoms with Gasteiger partial charge in [0.05, 0.1) is 29.6 Å². The maximum absolute atomic E-state index is 13.6. The van der Waals surface area contributed by atoms with Crippen molar-refractivity contribution in [2.45, 2.75) is 45.2 Å². The quantitative estimate of drug-likeness (QED) is 0.418. The molecule has 3 rings (SSSR count). The summed E-state index contributed by atoms with van der Waals surface area (Å²) in [5.41, 5.74) is 5.16. The normalized spacial score (nSPS) is 12.4. The molecular weight excluding hydrogens is 484 g/mol. The first-order valence-corrected chi connectivity index (χ1v) is 13.1. The Bertz CT molecular complexity index is 1310. The maximum Gasteiger partial charge on any atom is 0.243 e. The van der Waals surface area contributed by atoms with Crippen molar-refractivity contribution in [3.05, 3.63) is 93.5 Å². The third-order valence-electron chi connectivity index (χ3n) is 6.01. The van der Waals surface area contributed by atoms with E-state index < -0.39 is 15.9 Å². The molecule has 1 N–H and O–H groups in total. The van der Waals surface area contributed by atoms with E-state index in [0.29, 0.717) is 5.75 Å². The van der Waals surface area contributed by atoms with Crippen molar-refractivity contribution in [2.75, 3.05) is 13.7 Å². The van der Waals surface area contributed by atoms with E-state index in [9.17, 15) is 13.2 Å². The molecule has 6 nitrogen and oxygen atoms in total. The summed E-state index contributed by atoms with van der Waals surface area (Å²) >= 11 is 6.19. The van der Waals surface area contributed by atoms with Crippen molar-refractivity contribution in [2.24, 2.45) is 0 Å². The van der Waals surface area contributed by atoms with Crippen LogP contribution in [0.2, 0.25) is 5.02 Å². The van der Waals surface area contributed by atoms with Crippen molar-refractivity contribution >= 4 is 27.5 Å². The SMILES string of the molecule is COc1ccc(S(=O)(=O)N(CC(=O)N[C@@H](C)c2cc(C)c(C)cc2C)Cc2ccccc2)cc1Cl. The average Bonchev–Trinajstić information content (AvgIpc) is 2.81. The zero-order chi connectivity index (χ0) is 25.8. The summed E-state index contributed by atoms with van der Waals surface area (Å²) in [6.45, 7) is 7.68. The lowest BCUT2D eigenvalue weighted by Crippen LogP contribution is -2.41. The molecule has 0 aliphatic heterocycles. The summed E-state index contributed by atoms with van der Waals surface area (Å²) in [5.74, 6) is -0.0233. The van der Waals surface area contributed by atoms with Gasteiger partial charge in [-0.25, -0.2) is 8.42 Å². The van der Waals surface area contributed by atoms with Crippen LogP contribution < -0.4 is 10.1 Å². The monoisotopic (exact) mass is 514 g/mol. The van der Waals surface area contributed by atoms with E-state index in [1.807, 2.05) is 58.0 Å². The molecule has 1 amide bonds. The Hall–Kier alpha value is -2.87. The van der Waals surface area contributed by atoms with Gasteiger partial charge < -0.3 is 10.1 Å². The number of nitrogens with one attached hydrogen (secondary N) is 1. The molecule has 0 aliphatic rings. The van der Waals surface area contributed by atoms with Crippen LogP contribution in [0.1, 0.15) is 40.8 Å². The predicted octanol–water partition coefficient (Wildman–Crippen LogP) is 5.34. The minimum Gasteiger partial charge on any atom is -0.495 e. The van der Waals surface area contributed by atoms with Crippen molar-refractivity contribution in [3.8, 4) is 5.75 Å². The largest absolute Gasteiger partial charge is 0.495 e. The molecule has 0 radical (unpaired) electrons. The predicted molar refractivity (Wildman–Crippen MR) is 139 cm³/mol. The van der Waals surface area contributed by atoms with Crippen molar-refractivity contribution < 1.29 is 17.9 Å². The number of rotatable bonds is 9. The topological polar surface area (TPSA) is 75.7 Å². The van der Waals surface area contributed by atoms with Gasteiger partial charge in [-0.2, -0.15) is 4.31 Å². The summed E-state index contributed by atoms with van der Waals surface area (Å²) in [6.07, 6.45) is 0. The van der Waals surface area contributed by atoms with E-state index in [2.05, 4.69) is 17.4 Å². The van der Waals surface area contributed by atoms with E-state index >= 15 is 0 Å². The lowest BCUT2D eigenvalue weighted by Gasteiger charge is -2.24. The molecule has 0 heterocycles. The number of carbonyl (C=O) groups is 1. The Balaban J connectivity index is 1.88. The Morgan fingerprint density at radius 2 is 1.66 bits per heavy atom. The zero-order valence-corrected chi connectivity index (χ0v) is 22.2. The van der Waals surface area contributed by atoms with E-state index in [4.69, 9.17) is 16.3 Å². The zero-order valence-electron chi connectivity index (χ0n) is 20.6. The van der Waals surface area contributed by atoms with Crippen LogP contribution in [0.5, 0.6) is 5.75 Å². The highest BCUT2D eigenvalue weighted by molar-refractivity contribution is 7.89. The lowest BCUT2D eigenvalue weighted by molar-refractivity contribution is -0.122. The summed E-state index contributed by atoms with van der Waals surface area (Å²) in [5, 5.41) is 3.14. The van der Waals surface area contributed by atoms with Crippen LogP contribution in [0.15, 0.2) is 65.6 Å². The van der Waals surface area contributed by atoms with Gasteiger partial charge in [0.1, 0.15) is 5.75 Å². The van der Waals surface area contributed by atoms with E-state index in [-0.39, 0.29) is 29.0 Å². The second-order valence-electron chi connectivity index (χ2n) is 8.64. The molecule has 1 atom stereocenters. The molecule has 35 heavy (non-hydrogen) atoms. The molecule has 0 fully saturated rings. The van der Waals surface area contributed by atoms with Gasteiger partial charge in [0.15, 0.2) is 0 Å². The Kier molecular flexibility index (Phi) is 8.59. The number of hydrogen-bond acceptors (Lipinski definition) is 4. The van der Waals surface area contributed by atoms with Crippen molar-refractivity contribution in [3.63, 3.8) is 0 Å². The van der Waals surface area contributed by atoms with Gasteiger partial charge in [-0.1, -0.05) is 54.1 Å². The smallest absolute Gasteiger partial charge is 0.243 e. The number of sulfonamides is 1. The number of ether oxygens (including phenoxy) is 1. The highest BCUT2D eigenvalue weighted by Gasteiger charge is 2.28. The lowest BCUT2D eigenvalue weighted by atomic mass is 9.96. The molecule has 0 aliphatic carbocycles. The molecule has 0 saturated heterocycles. The van der Waals surface area contributed by atoms with Crippen LogP contribution in [0.4, 0.5) is 0 Å². The molecule has 3 aromatic carbocycles. The Morgan fingerprint density at radius 1 is 1.00 bits per heavy atom. The maximum atomic E-state index is 13.6. The fourth-order valence-corrected chi connectivity index (χ4v) is 5.68. The first-order chi connectivity index (χ1) is 16.5. The molecule has 186 valence electrons. The molecular formula is C27H31ClN2O4S. The number of carbonyl (C=O) groups excluding carboxylic acids is 1. The van der Waals surface area contributed by atoms with Crippen LogP contribution in [0.25, 0.3) is 0 Å². The van der Waals surface area contributed by atoms with E-state index in [1.165, 1.54) is 30.9 Å². The number of methoxy groups -OCH3 is 1. The minimum atomic E-state index is -4.03. The molecule has 0 spiro atoms. The van der Waals surface area contributed by atoms with Crippen LogP contribution in [-0.4, -0.2) is 32.3 Å². The van der Waals surface area contributed by atoms with Gasteiger partial charge in [-0.15, -0.1) is 0 Å². The summed E-state index contributed by atoms with van der Waals surface area (Å²) in [6, 6.07) is 17.3. The second kappa shape index (κ2) is 11.2. The van der Waals surface area contributed by atoms with Gasteiger partial charge in [-0.05, 0) is 73.7 Å².